The Morgan fingerprint density at radius 1 is 1.23 bits per heavy atom. The molecule has 8 nitrogen and oxygen atoms in total. The van der Waals surface area contributed by atoms with Crippen LogP contribution >= 0.6 is 11.3 Å². The number of rotatable bonds is 5. The van der Waals surface area contributed by atoms with Gasteiger partial charge in [-0.3, -0.25) is 5.32 Å². The molecule has 3 rings (SSSR count). The van der Waals surface area contributed by atoms with E-state index in [1.54, 1.807) is 0 Å². The third-order valence-electron chi connectivity index (χ3n) is 4.02. The molecule has 1 fully saturated rings. The van der Waals surface area contributed by atoms with E-state index >= 15 is 0 Å². The molecule has 1 amide bonds. The molecule has 0 unspecified atom stereocenters. The normalized spacial score (nSPS) is 14.9. The third kappa shape index (κ3) is 4.50. The molecule has 0 atom stereocenters. The van der Waals surface area contributed by atoms with Crippen molar-refractivity contribution < 1.29 is 19.4 Å². The van der Waals surface area contributed by atoms with Gasteiger partial charge in [-0.15, -0.1) is 0 Å². The van der Waals surface area contributed by atoms with Crippen molar-refractivity contribution in [1.29, 1.82) is 0 Å². The monoisotopic (exact) mass is 376 g/mol. The molecular weight excluding hydrogens is 356 g/mol. The average Bonchev–Trinajstić information content (AvgIpc) is 3.05. The lowest BCUT2D eigenvalue weighted by Gasteiger charge is -2.31. The van der Waals surface area contributed by atoms with Gasteiger partial charge >= 0.3 is 12.1 Å². The summed E-state index contributed by atoms with van der Waals surface area (Å²) in [5, 5.41) is 12.4. The van der Waals surface area contributed by atoms with Crippen LogP contribution in [0.25, 0.3) is 0 Å². The topological polar surface area (TPSA) is 95.0 Å². The molecule has 2 aromatic rings. The van der Waals surface area contributed by atoms with Crippen LogP contribution in [0.15, 0.2) is 30.3 Å². The van der Waals surface area contributed by atoms with Crippen LogP contribution in [0.5, 0.6) is 0 Å². The van der Waals surface area contributed by atoms with Crippen LogP contribution in [0.1, 0.15) is 15.2 Å². The number of amides is 1. The van der Waals surface area contributed by atoms with Crippen LogP contribution in [0.3, 0.4) is 0 Å². The van der Waals surface area contributed by atoms with Crippen molar-refractivity contribution in [2.24, 2.45) is 0 Å². The number of nitrogens with zero attached hydrogens (tertiary/aromatic N) is 3. The fraction of sp³-hybridized carbons (Fsp3) is 0.353. The maximum Gasteiger partial charge on any atom is 0.413 e. The van der Waals surface area contributed by atoms with Gasteiger partial charge in [-0.05, 0) is 12.6 Å². The van der Waals surface area contributed by atoms with Crippen molar-refractivity contribution in [2.45, 2.75) is 6.61 Å². The first kappa shape index (κ1) is 18.2. The smallest absolute Gasteiger partial charge is 0.413 e. The lowest BCUT2D eigenvalue weighted by atomic mass is 10.2. The first-order valence-electron chi connectivity index (χ1n) is 8.18. The molecule has 0 saturated carbocycles. The molecule has 0 radical (unpaired) electrons. The number of benzene rings is 1. The molecule has 1 aromatic heterocycles. The molecule has 2 heterocycles. The predicted octanol–water partition coefficient (Wildman–Crippen LogP) is 2.34. The van der Waals surface area contributed by atoms with Crippen LogP contribution in [0.4, 0.5) is 15.7 Å². The van der Waals surface area contributed by atoms with Gasteiger partial charge in [-0.1, -0.05) is 41.7 Å². The highest BCUT2D eigenvalue weighted by Gasteiger charge is 2.24. The Labute approximate surface area is 155 Å². The molecule has 0 spiro atoms. The molecule has 138 valence electrons. The van der Waals surface area contributed by atoms with Crippen molar-refractivity contribution >= 4 is 34.3 Å². The highest BCUT2D eigenvalue weighted by molar-refractivity contribution is 7.18. The van der Waals surface area contributed by atoms with Crippen molar-refractivity contribution in [3.05, 3.63) is 40.8 Å². The number of piperazine rings is 1. The maximum absolute atomic E-state index is 12.0. The quantitative estimate of drug-likeness (QED) is 0.827. The number of nitrogens with one attached hydrogen (secondary N) is 1. The average molecular weight is 376 g/mol. The summed E-state index contributed by atoms with van der Waals surface area (Å²) < 4.78 is 5.14. The molecule has 9 heteroatoms. The summed E-state index contributed by atoms with van der Waals surface area (Å²) in [7, 11) is 2.04. The Bertz CT molecular complexity index is 772. The molecule has 1 aliphatic heterocycles. The number of hydrogen-bond acceptors (Lipinski definition) is 7. The van der Waals surface area contributed by atoms with E-state index < -0.39 is 12.1 Å². The number of aromatic carboxylic acids is 1. The second-order valence-electron chi connectivity index (χ2n) is 5.96. The van der Waals surface area contributed by atoms with Crippen molar-refractivity contribution in [3.63, 3.8) is 0 Å². The molecular formula is C17H20N4O4S. The fourth-order valence-corrected chi connectivity index (χ4v) is 3.44. The Morgan fingerprint density at radius 2 is 1.92 bits per heavy atom. The van der Waals surface area contributed by atoms with Crippen LogP contribution in [-0.4, -0.2) is 60.3 Å². The summed E-state index contributed by atoms with van der Waals surface area (Å²) in [5.41, 5.74) is 0.845. The van der Waals surface area contributed by atoms with Gasteiger partial charge in [0.2, 0.25) is 0 Å². The number of likely N-dealkylation sites (N-methyl/N-ethyl adjacent to an activating group) is 1. The van der Waals surface area contributed by atoms with Gasteiger partial charge in [-0.25, -0.2) is 14.6 Å². The zero-order valence-electron chi connectivity index (χ0n) is 14.3. The molecule has 1 aliphatic rings. The minimum Gasteiger partial charge on any atom is -0.477 e. The second kappa shape index (κ2) is 8.15. The largest absolute Gasteiger partial charge is 0.477 e. The minimum atomic E-state index is -1.12. The third-order valence-corrected chi connectivity index (χ3v) is 5.12. The number of carbonyl (C=O) groups excluding carboxylic acids is 1. The van der Waals surface area contributed by atoms with E-state index in [2.05, 4.69) is 15.2 Å². The summed E-state index contributed by atoms with van der Waals surface area (Å²) in [6.45, 7) is 3.39. The zero-order chi connectivity index (χ0) is 18.5. The van der Waals surface area contributed by atoms with E-state index in [0.29, 0.717) is 5.13 Å². The standard InChI is InChI=1S/C17H20N4O4S/c1-20-7-9-21(10-8-20)16-18-14(13(26-16)15(22)23)19-17(24)25-11-12-5-3-2-4-6-12/h2-6H,7-11H2,1H3,(H,19,24)(H,22,23). The number of aromatic nitrogens is 1. The van der Waals surface area contributed by atoms with Gasteiger partial charge in [0.05, 0.1) is 0 Å². The fourth-order valence-electron chi connectivity index (χ4n) is 2.53. The Balaban J connectivity index is 1.66. The summed E-state index contributed by atoms with van der Waals surface area (Å²) in [6, 6.07) is 9.25. The second-order valence-corrected chi connectivity index (χ2v) is 6.93. The Kier molecular flexibility index (Phi) is 5.69. The van der Waals surface area contributed by atoms with Crippen LogP contribution in [0, 0.1) is 0 Å². The summed E-state index contributed by atoms with van der Waals surface area (Å²) >= 11 is 1.06. The van der Waals surface area contributed by atoms with E-state index in [4.69, 9.17) is 4.74 Å². The number of carbonyl (C=O) groups is 2. The first-order valence-corrected chi connectivity index (χ1v) is 9.00. The van der Waals surface area contributed by atoms with Crippen molar-refractivity contribution in [1.82, 2.24) is 9.88 Å². The van der Waals surface area contributed by atoms with E-state index in [-0.39, 0.29) is 17.3 Å². The predicted molar refractivity (Wildman–Crippen MR) is 99.0 cm³/mol. The molecule has 2 N–H and O–H groups in total. The molecule has 1 aromatic carbocycles. The van der Waals surface area contributed by atoms with Gasteiger partial charge < -0.3 is 19.6 Å². The van der Waals surface area contributed by atoms with E-state index in [1.165, 1.54) is 0 Å². The van der Waals surface area contributed by atoms with E-state index in [1.807, 2.05) is 42.3 Å². The number of hydrogen-bond donors (Lipinski definition) is 2. The molecule has 0 bridgehead atoms. The number of carboxylic acids is 1. The Morgan fingerprint density at radius 3 is 2.58 bits per heavy atom. The van der Waals surface area contributed by atoms with Gasteiger partial charge in [0, 0.05) is 26.2 Å². The molecule has 0 aliphatic carbocycles. The number of ether oxygens (including phenoxy) is 1. The maximum atomic E-state index is 12.0. The van der Waals surface area contributed by atoms with E-state index in [0.717, 1.165) is 43.1 Å². The number of anilines is 2. The summed E-state index contributed by atoms with van der Waals surface area (Å²) in [4.78, 5) is 32.0. The highest BCUT2D eigenvalue weighted by Crippen LogP contribution is 2.30. The number of thiazole rings is 1. The van der Waals surface area contributed by atoms with Crippen LogP contribution < -0.4 is 10.2 Å². The van der Waals surface area contributed by atoms with Gasteiger partial charge in [0.1, 0.15) is 6.61 Å². The van der Waals surface area contributed by atoms with Crippen LogP contribution in [-0.2, 0) is 11.3 Å². The Hall–Kier alpha value is -2.65. The van der Waals surface area contributed by atoms with Crippen molar-refractivity contribution in [3.8, 4) is 0 Å². The van der Waals surface area contributed by atoms with E-state index in [9.17, 15) is 14.7 Å². The van der Waals surface area contributed by atoms with Gasteiger partial charge in [0.25, 0.3) is 0 Å². The number of carboxylic acid groups (broad SMARTS) is 1. The van der Waals surface area contributed by atoms with Gasteiger partial charge in [0.15, 0.2) is 15.8 Å². The lowest BCUT2D eigenvalue weighted by Crippen LogP contribution is -2.44. The van der Waals surface area contributed by atoms with Crippen LogP contribution in [0.2, 0.25) is 0 Å². The lowest BCUT2D eigenvalue weighted by molar-refractivity contribution is 0.0703. The highest BCUT2D eigenvalue weighted by atomic mass is 32.1. The molecule has 1 saturated heterocycles. The first-order chi connectivity index (χ1) is 12.5. The van der Waals surface area contributed by atoms with Gasteiger partial charge in [-0.2, -0.15) is 0 Å². The summed E-state index contributed by atoms with van der Waals surface area (Å²) in [5.74, 6) is -1.10. The van der Waals surface area contributed by atoms with Crippen molar-refractivity contribution in [2.75, 3.05) is 43.4 Å². The SMILES string of the molecule is CN1CCN(c2nc(NC(=O)OCc3ccccc3)c(C(=O)O)s2)CC1. The zero-order valence-corrected chi connectivity index (χ0v) is 15.2. The summed E-state index contributed by atoms with van der Waals surface area (Å²) in [6.07, 6.45) is -0.730. The molecule has 26 heavy (non-hydrogen) atoms. The minimum absolute atomic E-state index is 0.00408.